The van der Waals surface area contributed by atoms with E-state index in [9.17, 15) is 13.6 Å². The van der Waals surface area contributed by atoms with Gasteiger partial charge in [-0.1, -0.05) is 17.6 Å². The normalized spacial score (nSPS) is 13.3. The lowest BCUT2D eigenvalue weighted by Gasteiger charge is -2.27. The number of nitrogens with one attached hydrogen (secondary N) is 1. The van der Waals surface area contributed by atoms with Gasteiger partial charge in [0.25, 0.3) is 5.91 Å². The summed E-state index contributed by atoms with van der Waals surface area (Å²) in [5.41, 5.74) is 2.84. The van der Waals surface area contributed by atoms with Crippen molar-refractivity contribution in [3.63, 3.8) is 0 Å². The Kier molecular flexibility index (Phi) is 6.73. The molecule has 0 saturated carbocycles. The molecule has 0 fully saturated rings. The maximum atomic E-state index is 13.5. The van der Waals surface area contributed by atoms with E-state index < -0.39 is 24.0 Å². The molecule has 0 spiro atoms. The average molecular weight is 476 g/mol. The number of carbonyl (C=O) groups is 1. The number of amides is 1. The number of carbonyl (C=O) groups excluding carboxylic acids is 1. The minimum atomic E-state index is -3.52. The molecule has 1 unspecified atom stereocenters. The number of hydrogen-bond donors (Lipinski definition) is 1. The van der Waals surface area contributed by atoms with E-state index in [-0.39, 0.29) is 0 Å². The minimum absolute atomic E-state index is 0.389. The largest absolute Gasteiger partial charge is 0.484 e. The van der Waals surface area contributed by atoms with Gasteiger partial charge in [0.1, 0.15) is 19.7 Å². The molecule has 2 radical (unpaired) electrons. The Labute approximate surface area is 202 Å². The van der Waals surface area contributed by atoms with E-state index in [0.717, 1.165) is 16.6 Å². The van der Waals surface area contributed by atoms with E-state index in [1.165, 1.54) is 13.3 Å². The van der Waals surface area contributed by atoms with Gasteiger partial charge in [0.15, 0.2) is 0 Å². The van der Waals surface area contributed by atoms with E-state index in [2.05, 4.69) is 15.4 Å². The van der Waals surface area contributed by atoms with Gasteiger partial charge in [-0.2, -0.15) is 13.9 Å². The third-order valence-electron chi connectivity index (χ3n) is 5.43. The lowest BCUT2D eigenvalue weighted by Crippen LogP contribution is -2.46. The van der Waals surface area contributed by atoms with Crippen molar-refractivity contribution >= 4 is 30.1 Å². The molecule has 0 saturated heterocycles. The van der Waals surface area contributed by atoms with Crippen LogP contribution < -0.4 is 20.3 Å². The third kappa shape index (κ3) is 5.42. The van der Waals surface area contributed by atoms with Crippen molar-refractivity contribution in [3.8, 4) is 17.3 Å². The zero-order valence-corrected chi connectivity index (χ0v) is 19.4. The van der Waals surface area contributed by atoms with Gasteiger partial charge in [-0.3, -0.25) is 4.79 Å². The van der Waals surface area contributed by atoms with Crippen molar-refractivity contribution in [3.05, 3.63) is 72.6 Å². The van der Waals surface area contributed by atoms with Gasteiger partial charge in [0.2, 0.25) is 5.88 Å². The first-order chi connectivity index (χ1) is 16.7. The van der Waals surface area contributed by atoms with Crippen LogP contribution in [0, 0.1) is 0 Å². The molecular weight excluding hydrogens is 453 g/mol. The van der Waals surface area contributed by atoms with Crippen molar-refractivity contribution in [2.24, 2.45) is 0 Å². The van der Waals surface area contributed by atoms with Crippen LogP contribution in [0.3, 0.4) is 0 Å². The van der Waals surface area contributed by atoms with Crippen molar-refractivity contribution < 1.29 is 23.0 Å². The Hall–Kier alpha value is -3.95. The number of benzene rings is 2. The molecule has 4 rings (SSSR count). The molecule has 1 N–H and O–H groups in total. The molecule has 7 nitrogen and oxygen atoms in total. The van der Waals surface area contributed by atoms with Crippen LogP contribution in [-0.4, -0.2) is 47.6 Å². The summed E-state index contributed by atoms with van der Waals surface area (Å²) in [5.74, 6) is -4.06. The van der Waals surface area contributed by atoms with Gasteiger partial charge in [0, 0.05) is 30.1 Å². The average Bonchev–Trinajstić information content (AvgIpc) is 3.25. The Morgan fingerprint density at radius 1 is 1.14 bits per heavy atom. The fourth-order valence-electron chi connectivity index (χ4n) is 3.64. The summed E-state index contributed by atoms with van der Waals surface area (Å²) >= 11 is 0. The van der Waals surface area contributed by atoms with Crippen LogP contribution in [0.15, 0.2) is 67.0 Å². The molecule has 2 aromatic carbocycles. The number of aromatic nitrogens is 3. The highest BCUT2D eigenvalue weighted by molar-refractivity contribution is 6.32. The molecule has 0 aliphatic rings. The van der Waals surface area contributed by atoms with Crippen LogP contribution in [-0.2, 0) is 4.79 Å². The van der Waals surface area contributed by atoms with Gasteiger partial charge in [0.05, 0.1) is 30.6 Å². The highest BCUT2D eigenvalue weighted by Crippen LogP contribution is 2.29. The van der Waals surface area contributed by atoms with Crippen LogP contribution in [0.5, 0.6) is 11.6 Å². The third-order valence-corrected chi connectivity index (χ3v) is 5.43. The predicted octanol–water partition coefficient (Wildman–Crippen LogP) is 3.50. The van der Waals surface area contributed by atoms with Gasteiger partial charge in [-0.05, 0) is 43.3 Å². The zero-order chi connectivity index (χ0) is 25.2. The van der Waals surface area contributed by atoms with E-state index in [1.807, 2.05) is 24.3 Å². The second-order valence-electron chi connectivity index (χ2n) is 8.19. The summed E-state index contributed by atoms with van der Waals surface area (Å²) in [6, 6.07) is 15.3. The zero-order valence-electron chi connectivity index (χ0n) is 19.4. The van der Waals surface area contributed by atoms with Crippen molar-refractivity contribution in [2.45, 2.75) is 31.9 Å². The number of ether oxygens (including phenoxy) is 2. The Balaban J connectivity index is 1.64. The van der Waals surface area contributed by atoms with Crippen molar-refractivity contribution in [1.29, 1.82) is 0 Å². The van der Waals surface area contributed by atoms with Crippen molar-refractivity contribution in [2.75, 3.05) is 7.11 Å². The molecule has 35 heavy (non-hydrogen) atoms. The first kappa shape index (κ1) is 24.2. The van der Waals surface area contributed by atoms with Crippen LogP contribution >= 0.6 is 0 Å². The molecule has 10 heteroatoms. The molecule has 0 bridgehead atoms. The van der Waals surface area contributed by atoms with Crippen LogP contribution in [0.2, 0.25) is 0 Å². The molecule has 2 heterocycles. The first-order valence-corrected chi connectivity index (χ1v) is 10.8. The topological polar surface area (TPSA) is 78.3 Å². The molecule has 0 aliphatic carbocycles. The van der Waals surface area contributed by atoms with Crippen LogP contribution in [0.4, 0.5) is 8.78 Å². The smallest absolute Gasteiger partial charge is 0.321 e. The number of methoxy groups -OCH3 is 1. The molecule has 178 valence electrons. The predicted molar refractivity (Wildman–Crippen MR) is 129 cm³/mol. The summed E-state index contributed by atoms with van der Waals surface area (Å²) in [5, 5.41) is 7.58. The SMILES string of the molecule is [B]c1cccc(-n2ncc3cc(O[C@H](c4ccc(OC)nc4)C(C)NC(=O)C(C)(F)F)ccc32)c1. The highest BCUT2D eigenvalue weighted by atomic mass is 19.3. The summed E-state index contributed by atoms with van der Waals surface area (Å²) in [4.78, 5) is 16.1. The van der Waals surface area contributed by atoms with E-state index in [4.69, 9.17) is 17.3 Å². The summed E-state index contributed by atoms with van der Waals surface area (Å²) in [6.07, 6.45) is 2.41. The van der Waals surface area contributed by atoms with E-state index >= 15 is 0 Å². The number of fused-ring (bicyclic) bond motifs is 1. The number of alkyl halides is 2. The fourth-order valence-corrected chi connectivity index (χ4v) is 3.64. The number of hydrogen-bond acceptors (Lipinski definition) is 5. The molecule has 2 aromatic heterocycles. The first-order valence-electron chi connectivity index (χ1n) is 10.8. The Morgan fingerprint density at radius 2 is 1.94 bits per heavy atom. The van der Waals surface area contributed by atoms with E-state index in [1.54, 1.807) is 48.1 Å². The molecule has 0 aliphatic heterocycles. The number of halogens is 2. The lowest BCUT2D eigenvalue weighted by atomic mass is 9.96. The number of nitrogens with zero attached hydrogens (tertiary/aromatic N) is 3. The van der Waals surface area contributed by atoms with Gasteiger partial charge < -0.3 is 14.8 Å². The Bertz CT molecular complexity index is 1340. The summed E-state index contributed by atoms with van der Waals surface area (Å²) < 4.78 is 40.1. The summed E-state index contributed by atoms with van der Waals surface area (Å²) in [6.45, 7) is 2.14. The van der Waals surface area contributed by atoms with Gasteiger partial charge in [-0.25, -0.2) is 9.67 Å². The molecule has 1 amide bonds. The van der Waals surface area contributed by atoms with Crippen LogP contribution in [0.1, 0.15) is 25.5 Å². The second-order valence-corrected chi connectivity index (χ2v) is 8.19. The molecule has 4 aromatic rings. The lowest BCUT2D eigenvalue weighted by molar-refractivity contribution is -0.144. The summed E-state index contributed by atoms with van der Waals surface area (Å²) in [7, 11) is 7.39. The van der Waals surface area contributed by atoms with Crippen molar-refractivity contribution in [1.82, 2.24) is 20.1 Å². The highest BCUT2D eigenvalue weighted by Gasteiger charge is 2.35. The van der Waals surface area contributed by atoms with E-state index in [0.29, 0.717) is 29.6 Å². The quantitative estimate of drug-likeness (QED) is 0.394. The Morgan fingerprint density at radius 3 is 2.60 bits per heavy atom. The minimum Gasteiger partial charge on any atom is -0.484 e. The maximum Gasteiger partial charge on any atom is 0.321 e. The van der Waals surface area contributed by atoms with Crippen LogP contribution in [0.25, 0.3) is 16.6 Å². The fraction of sp³-hybridized carbons (Fsp3) is 0.240. The molecule has 2 atom stereocenters. The standard InChI is InChI=1S/C25H23BF2N4O3/c1-15(31-24(33)25(2,27)28)23(16-7-10-22(34-3)29-13-16)35-20-8-9-21-17(11-20)14-30-32(21)19-6-4-5-18(26)12-19/h4-15,23H,1-3H3,(H,31,33)/t15?,23-/m0/s1. The number of rotatable bonds is 8. The second kappa shape index (κ2) is 9.73. The molecular formula is C25H23BF2N4O3. The maximum absolute atomic E-state index is 13.5. The number of pyridine rings is 1. The van der Waals surface area contributed by atoms with Gasteiger partial charge >= 0.3 is 5.92 Å². The van der Waals surface area contributed by atoms with Gasteiger partial charge in [-0.15, -0.1) is 0 Å². The monoisotopic (exact) mass is 476 g/mol.